The standard InChI is InChI=1S/C16H16F3NS/c1-2-15(11-3-5-12(17)6-4-11)20-13-7-9-14(10-8-13)21-16(18)19/h3-10,15-16,20H,2H2,1H3. The van der Waals surface area contributed by atoms with Gasteiger partial charge in [0.05, 0.1) is 6.04 Å². The van der Waals surface area contributed by atoms with Gasteiger partial charge in [0.25, 0.3) is 5.76 Å². The average Bonchev–Trinajstić information content (AvgIpc) is 2.47. The molecular formula is C16H16F3NS. The maximum atomic E-state index is 12.9. The van der Waals surface area contributed by atoms with E-state index in [-0.39, 0.29) is 11.9 Å². The minimum atomic E-state index is -2.41. The van der Waals surface area contributed by atoms with E-state index in [9.17, 15) is 13.2 Å². The predicted molar refractivity (Wildman–Crippen MR) is 81.4 cm³/mol. The molecule has 0 aliphatic heterocycles. The van der Waals surface area contributed by atoms with Crippen LogP contribution in [0.2, 0.25) is 0 Å². The summed E-state index contributed by atoms with van der Waals surface area (Å²) in [4.78, 5) is 0.533. The number of thioether (sulfide) groups is 1. The van der Waals surface area contributed by atoms with Crippen LogP contribution in [0.15, 0.2) is 53.4 Å². The molecule has 0 amide bonds. The van der Waals surface area contributed by atoms with Gasteiger partial charge in [-0.2, -0.15) is 8.78 Å². The monoisotopic (exact) mass is 311 g/mol. The zero-order valence-electron chi connectivity index (χ0n) is 11.5. The van der Waals surface area contributed by atoms with Crippen molar-refractivity contribution in [1.82, 2.24) is 0 Å². The number of halogens is 3. The van der Waals surface area contributed by atoms with Crippen LogP contribution in [0.5, 0.6) is 0 Å². The third-order valence-corrected chi connectivity index (χ3v) is 3.82. The van der Waals surface area contributed by atoms with Gasteiger partial charge in [-0.15, -0.1) is 0 Å². The number of alkyl halides is 2. The third-order valence-electron chi connectivity index (χ3n) is 3.10. The molecule has 2 rings (SSSR count). The molecule has 112 valence electrons. The Labute approximate surface area is 126 Å². The normalized spacial score (nSPS) is 12.4. The highest BCUT2D eigenvalue weighted by atomic mass is 32.2. The quantitative estimate of drug-likeness (QED) is 0.686. The molecule has 0 saturated heterocycles. The van der Waals surface area contributed by atoms with E-state index < -0.39 is 5.76 Å². The van der Waals surface area contributed by atoms with E-state index in [1.54, 1.807) is 36.4 Å². The van der Waals surface area contributed by atoms with Crippen molar-refractivity contribution in [2.24, 2.45) is 0 Å². The van der Waals surface area contributed by atoms with E-state index >= 15 is 0 Å². The lowest BCUT2D eigenvalue weighted by molar-refractivity contribution is 0.252. The maximum Gasteiger partial charge on any atom is 0.288 e. The molecule has 1 atom stereocenters. The lowest BCUT2D eigenvalue weighted by Crippen LogP contribution is -2.09. The number of anilines is 1. The number of nitrogens with one attached hydrogen (secondary N) is 1. The summed E-state index contributed by atoms with van der Waals surface area (Å²) >= 11 is 0.527. The molecule has 1 N–H and O–H groups in total. The first kappa shape index (κ1) is 15.8. The summed E-state index contributed by atoms with van der Waals surface area (Å²) in [6.45, 7) is 2.03. The second-order valence-electron chi connectivity index (χ2n) is 4.56. The lowest BCUT2D eigenvalue weighted by Gasteiger charge is -2.19. The van der Waals surface area contributed by atoms with E-state index in [1.165, 1.54) is 12.1 Å². The molecule has 0 spiro atoms. The summed E-state index contributed by atoms with van der Waals surface area (Å²) in [6, 6.07) is 13.3. The lowest BCUT2D eigenvalue weighted by atomic mass is 10.0. The summed E-state index contributed by atoms with van der Waals surface area (Å²) in [5.41, 5.74) is 1.84. The van der Waals surface area contributed by atoms with Crippen LogP contribution in [0.25, 0.3) is 0 Å². The van der Waals surface area contributed by atoms with Crippen molar-refractivity contribution in [1.29, 1.82) is 0 Å². The second kappa shape index (κ2) is 7.41. The number of rotatable bonds is 6. The fraction of sp³-hybridized carbons (Fsp3) is 0.250. The summed E-state index contributed by atoms with van der Waals surface area (Å²) in [7, 11) is 0. The summed E-state index contributed by atoms with van der Waals surface area (Å²) in [6.07, 6.45) is 0.833. The van der Waals surface area contributed by atoms with Crippen molar-refractivity contribution in [3.05, 3.63) is 59.9 Å². The van der Waals surface area contributed by atoms with Gasteiger partial charge >= 0.3 is 0 Å². The van der Waals surface area contributed by atoms with Crippen LogP contribution in [0.1, 0.15) is 24.9 Å². The fourth-order valence-electron chi connectivity index (χ4n) is 2.05. The highest BCUT2D eigenvalue weighted by molar-refractivity contribution is 7.99. The largest absolute Gasteiger partial charge is 0.378 e. The zero-order chi connectivity index (χ0) is 15.2. The van der Waals surface area contributed by atoms with E-state index in [2.05, 4.69) is 5.32 Å². The third kappa shape index (κ3) is 4.70. The van der Waals surface area contributed by atoms with Crippen LogP contribution < -0.4 is 5.32 Å². The van der Waals surface area contributed by atoms with Crippen molar-refractivity contribution in [3.8, 4) is 0 Å². The van der Waals surface area contributed by atoms with E-state index in [0.717, 1.165) is 17.7 Å². The molecule has 1 nitrogen and oxygen atoms in total. The molecule has 5 heteroatoms. The molecule has 0 heterocycles. The SMILES string of the molecule is CCC(Nc1ccc(SC(F)F)cc1)c1ccc(F)cc1. The average molecular weight is 311 g/mol. The van der Waals surface area contributed by atoms with Gasteiger partial charge in [-0.05, 0) is 48.4 Å². The molecule has 0 aliphatic rings. The summed E-state index contributed by atoms with van der Waals surface area (Å²) in [5.74, 6) is -2.67. The molecule has 2 aromatic rings. The van der Waals surface area contributed by atoms with Crippen molar-refractivity contribution in [2.75, 3.05) is 5.32 Å². The van der Waals surface area contributed by atoms with Gasteiger partial charge in [-0.3, -0.25) is 0 Å². The van der Waals surface area contributed by atoms with Crippen LogP contribution in [0.4, 0.5) is 18.9 Å². The topological polar surface area (TPSA) is 12.0 Å². The number of hydrogen-bond acceptors (Lipinski definition) is 2. The minimum Gasteiger partial charge on any atom is -0.378 e. The molecule has 0 saturated carbocycles. The van der Waals surface area contributed by atoms with Crippen molar-refractivity contribution >= 4 is 17.4 Å². The molecule has 0 bridgehead atoms. The molecule has 1 unspecified atom stereocenters. The van der Waals surface area contributed by atoms with Gasteiger partial charge in [0.2, 0.25) is 0 Å². The predicted octanol–water partition coefficient (Wildman–Crippen LogP) is 5.70. The smallest absolute Gasteiger partial charge is 0.288 e. The van der Waals surface area contributed by atoms with Crippen LogP contribution in [-0.4, -0.2) is 5.76 Å². The Morgan fingerprint density at radius 3 is 2.14 bits per heavy atom. The summed E-state index contributed by atoms with van der Waals surface area (Å²) in [5, 5.41) is 3.33. The fourth-order valence-corrected chi connectivity index (χ4v) is 2.55. The molecule has 0 aromatic heterocycles. The molecule has 0 aliphatic carbocycles. The zero-order valence-corrected chi connectivity index (χ0v) is 12.3. The maximum absolute atomic E-state index is 12.9. The highest BCUT2D eigenvalue weighted by Gasteiger charge is 2.10. The molecule has 0 fully saturated rings. The Hall–Kier alpha value is -1.62. The Morgan fingerprint density at radius 1 is 1.00 bits per heavy atom. The van der Waals surface area contributed by atoms with Gasteiger partial charge < -0.3 is 5.32 Å². The molecule has 0 radical (unpaired) electrons. The molecule has 2 aromatic carbocycles. The van der Waals surface area contributed by atoms with E-state index in [4.69, 9.17) is 0 Å². The minimum absolute atomic E-state index is 0.0548. The van der Waals surface area contributed by atoms with Gasteiger partial charge in [-0.1, -0.05) is 30.8 Å². The van der Waals surface area contributed by atoms with Crippen LogP contribution >= 0.6 is 11.8 Å². The van der Waals surface area contributed by atoms with Crippen LogP contribution in [-0.2, 0) is 0 Å². The van der Waals surface area contributed by atoms with Crippen LogP contribution in [0.3, 0.4) is 0 Å². The highest BCUT2D eigenvalue weighted by Crippen LogP contribution is 2.28. The second-order valence-corrected chi connectivity index (χ2v) is 5.62. The first-order valence-electron chi connectivity index (χ1n) is 6.65. The van der Waals surface area contributed by atoms with Crippen LogP contribution in [0, 0.1) is 5.82 Å². The number of benzene rings is 2. The first-order chi connectivity index (χ1) is 10.1. The molecule has 21 heavy (non-hydrogen) atoms. The van der Waals surface area contributed by atoms with Gasteiger partial charge in [0, 0.05) is 10.6 Å². The van der Waals surface area contributed by atoms with Gasteiger partial charge in [0.15, 0.2) is 0 Å². The van der Waals surface area contributed by atoms with E-state index in [0.29, 0.717) is 16.7 Å². The van der Waals surface area contributed by atoms with Crippen molar-refractivity contribution < 1.29 is 13.2 Å². The van der Waals surface area contributed by atoms with Gasteiger partial charge in [-0.25, -0.2) is 4.39 Å². The van der Waals surface area contributed by atoms with Gasteiger partial charge in [0.1, 0.15) is 5.82 Å². The number of hydrogen-bond donors (Lipinski definition) is 1. The van der Waals surface area contributed by atoms with E-state index in [1.807, 2.05) is 6.92 Å². The Morgan fingerprint density at radius 2 is 1.62 bits per heavy atom. The Bertz CT molecular complexity index is 555. The van der Waals surface area contributed by atoms with Crippen molar-refractivity contribution in [2.45, 2.75) is 30.0 Å². The summed E-state index contributed by atoms with van der Waals surface area (Å²) < 4.78 is 37.5. The molecular weight excluding hydrogens is 295 g/mol. The Kier molecular flexibility index (Phi) is 5.56. The van der Waals surface area contributed by atoms with Crippen molar-refractivity contribution in [3.63, 3.8) is 0 Å². The Balaban J connectivity index is 2.06. The first-order valence-corrected chi connectivity index (χ1v) is 7.53.